The summed E-state index contributed by atoms with van der Waals surface area (Å²) in [6.45, 7) is 0. The van der Waals surface area contributed by atoms with Gasteiger partial charge in [-0.1, -0.05) is 29.8 Å². The molecule has 0 saturated carbocycles. The molecular weight excluding hydrogens is 264 g/mol. The van der Waals surface area contributed by atoms with Crippen LogP contribution in [0.1, 0.15) is 17.2 Å². The third-order valence-electron chi connectivity index (χ3n) is 2.98. The lowest BCUT2D eigenvalue weighted by Crippen LogP contribution is -2.12. The fraction of sp³-hybridized carbons (Fsp3) is 0.0714. The molecule has 4 heteroatoms. The molecule has 0 aliphatic heterocycles. The molecule has 18 heavy (non-hydrogen) atoms. The molecule has 1 unspecified atom stereocenters. The largest absolute Gasteiger partial charge is 0.320 e. The van der Waals surface area contributed by atoms with E-state index in [-0.39, 0.29) is 6.04 Å². The zero-order chi connectivity index (χ0) is 12.5. The zero-order valence-electron chi connectivity index (χ0n) is 9.51. The van der Waals surface area contributed by atoms with Crippen molar-refractivity contribution in [2.45, 2.75) is 6.04 Å². The number of nitrogens with zero attached hydrogens (tertiary/aromatic N) is 1. The van der Waals surface area contributed by atoms with E-state index in [9.17, 15) is 0 Å². The molecule has 2 N–H and O–H groups in total. The van der Waals surface area contributed by atoms with Crippen LogP contribution in [0.15, 0.2) is 48.1 Å². The third-order valence-corrected chi connectivity index (χ3v) is 4.28. The first kappa shape index (κ1) is 11.7. The average molecular weight is 275 g/mol. The summed E-state index contributed by atoms with van der Waals surface area (Å²) in [6.07, 6.45) is 3.35. The second kappa shape index (κ2) is 4.69. The maximum absolute atomic E-state index is 6.34. The van der Waals surface area contributed by atoms with Crippen LogP contribution in [0, 0.1) is 0 Å². The van der Waals surface area contributed by atoms with Crippen LogP contribution in [-0.2, 0) is 0 Å². The van der Waals surface area contributed by atoms with Gasteiger partial charge in [0.05, 0.1) is 11.1 Å². The van der Waals surface area contributed by atoms with Gasteiger partial charge in [0.1, 0.15) is 0 Å². The summed E-state index contributed by atoms with van der Waals surface area (Å²) in [5.41, 5.74) is 8.35. The van der Waals surface area contributed by atoms with E-state index < -0.39 is 0 Å². The SMILES string of the molecule is NC(c1ccncc1Cl)c1cccc2ccsc12. The van der Waals surface area contributed by atoms with Gasteiger partial charge in [-0.05, 0) is 34.0 Å². The maximum Gasteiger partial charge on any atom is 0.0640 e. The van der Waals surface area contributed by atoms with Gasteiger partial charge in [-0.25, -0.2) is 0 Å². The van der Waals surface area contributed by atoms with Crippen LogP contribution in [0.3, 0.4) is 0 Å². The van der Waals surface area contributed by atoms with E-state index >= 15 is 0 Å². The summed E-state index contributed by atoms with van der Waals surface area (Å²) >= 11 is 7.86. The molecule has 90 valence electrons. The summed E-state index contributed by atoms with van der Waals surface area (Å²) in [7, 11) is 0. The lowest BCUT2D eigenvalue weighted by Gasteiger charge is -2.14. The van der Waals surface area contributed by atoms with Crippen molar-refractivity contribution >= 4 is 33.0 Å². The van der Waals surface area contributed by atoms with Crippen molar-refractivity contribution < 1.29 is 0 Å². The molecule has 3 rings (SSSR count). The van der Waals surface area contributed by atoms with Gasteiger partial charge in [-0.2, -0.15) is 0 Å². The molecule has 0 bridgehead atoms. The van der Waals surface area contributed by atoms with E-state index in [0.29, 0.717) is 5.02 Å². The Labute approximate surface area is 114 Å². The summed E-state index contributed by atoms with van der Waals surface area (Å²) in [4.78, 5) is 3.99. The maximum atomic E-state index is 6.34. The molecule has 0 aliphatic carbocycles. The number of benzene rings is 1. The number of aromatic nitrogens is 1. The normalized spacial score (nSPS) is 12.8. The van der Waals surface area contributed by atoms with Gasteiger partial charge in [0.15, 0.2) is 0 Å². The zero-order valence-corrected chi connectivity index (χ0v) is 11.1. The van der Waals surface area contributed by atoms with E-state index in [1.165, 1.54) is 10.1 Å². The molecule has 0 spiro atoms. The molecule has 0 fully saturated rings. The topological polar surface area (TPSA) is 38.9 Å². The van der Waals surface area contributed by atoms with E-state index in [2.05, 4.69) is 28.6 Å². The predicted molar refractivity (Wildman–Crippen MR) is 77.1 cm³/mol. The quantitative estimate of drug-likeness (QED) is 0.767. The summed E-state index contributed by atoms with van der Waals surface area (Å²) in [5.74, 6) is 0. The number of pyridine rings is 1. The van der Waals surface area contributed by atoms with E-state index in [1.54, 1.807) is 23.7 Å². The molecule has 2 heterocycles. The summed E-state index contributed by atoms with van der Waals surface area (Å²) in [6, 6.07) is 9.93. The van der Waals surface area contributed by atoms with Crippen LogP contribution < -0.4 is 5.73 Å². The molecular formula is C14H11ClN2S. The Morgan fingerprint density at radius 1 is 1.17 bits per heavy atom. The van der Waals surface area contributed by atoms with Crippen LogP contribution in [0.25, 0.3) is 10.1 Å². The third kappa shape index (κ3) is 1.90. The first-order valence-corrected chi connectivity index (χ1v) is 6.84. The molecule has 1 aromatic carbocycles. The van der Waals surface area contributed by atoms with Gasteiger partial charge < -0.3 is 5.73 Å². The number of fused-ring (bicyclic) bond motifs is 1. The molecule has 2 aromatic heterocycles. The van der Waals surface area contributed by atoms with Crippen LogP contribution in [0.4, 0.5) is 0 Å². The predicted octanol–water partition coefficient (Wildman–Crippen LogP) is 4.00. The van der Waals surface area contributed by atoms with Gasteiger partial charge in [0.2, 0.25) is 0 Å². The van der Waals surface area contributed by atoms with Crippen molar-refractivity contribution in [1.29, 1.82) is 0 Å². The van der Waals surface area contributed by atoms with Gasteiger partial charge >= 0.3 is 0 Å². The van der Waals surface area contributed by atoms with Crippen LogP contribution >= 0.6 is 22.9 Å². The number of thiophene rings is 1. The fourth-order valence-electron chi connectivity index (χ4n) is 2.07. The number of hydrogen-bond acceptors (Lipinski definition) is 3. The van der Waals surface area contributed by atoms with E-state index in [1.807, 2.05) is 12.1 Å². The Bertz CT molecular complexity index is 693. The standard InChI is InChI=1S/C14H11ClN2S/c15-12-8-17-6-4-10(12)13(16)11-3-1-2-9-5-7-18-14(9)11/h1-8,13H,16H2. The second-order valence-electron chi connectivity index (χ2n) is 4.06. The first-order chi connectivity index (χ1) is 8.77. The van der Waals surface area contributed by atoms with Crippen LogP contribution in [0.2, 0.25) is 5.02 Å². The van der Waals surface area contributed by atoms with E-state index in [4.69, 9.17) is 17.3 Å². The fourth-order valence-corrected chi connectivity index (χ4v) is 3.26. The minimum absolute atomic E-state index is 0.220. The van der Waals surface area contributed by atoms with Gasteiger partial charge in [0.25, 0.3) is 0 Å². The Balaban J connectivity index is 2.15. The Hall–Kier alpha value is -1.42. The van der Waals surface area contributed by atoms with E-state index in [0.717, 1.165) is 11.1 Å². The Morgan fingerprint density at radius 3 is 2.89 bits per heavy atom. The highest BCUT2D eigenvalue weighted by molar-refractivity contribution is 7.17. The van der Waals surface area contributed by atoms with Gasteiger partial charge in [-0.15, -0.1) is 11.3 Å². The van der Waals surface area contributed by atoms with Crippen LogP contribution in [0.5, 0.6) is 0 Å². The lowest BCUT2D eigenvalue weighted by molar-refractivity contribution is 0.879. The summed E-state index contributed by atoms with van der Waals surface area (Å²) in [5, 5.41) is 3.91. The highest BCUT2D eigenvalue weighted by Crippen LogP contribution is 2.33. The molecule has 0 radical (unpaired) electrons. The van der Waals surface area contributed by atoms with Crippen molar-refractivity contribution in [3.05, 3.63) is 64.3 Å². The highest BCUT2D eigenvalue weighted by atomic mass is 35.5. The minimum atomic E-state index is -0.220. The van der Waals surface area contributed by atoms with Crippen molar-refractivity contribution in [2.24, 2.45) is 5.73 Å². The first-order valence-electron chi connectivity index (χ1n) is 5.58. The molecule has 2 nitrogen and oxygen atoms in total. The van der Waals surface area contributed by atoms with Crippen LogP contribution in [-0.4, -0.2) is 4.98 Å². The molecule has 0 aliphatic rings. The Morgan fingerprint density at radius 2 is 2.06 bits per heavy atom. The Kier molecular flexibility index (Phi) is 3.04. The van der Waals surface area contributed by atoms with Gasteiger partial charge in [-0.3, -0.25) is 4.98 Å². The molecule has 0 saturated heterocycles. The molecule has 0 amide bonds. The van der Waals surface area contributed by atoms with Crippen molar-refractivity contribution in [2.75, 3.05) is 0 Å². The average Bonchev–Trinajstić information content (AvgIpc) is 2.86. The number of hydrogen-bond donors (Lipinski definition) is 1. The lowest BCUT2D eigenvalue weighted by atomic mass is 9.99. The van der Waals surface area contributed by atoms with Crippen molar-refractivity contribution in [3.8, 4) is 0 Å². The van der Waals surface area contributed by atoms with Crippen molar-refractivity contribution in [1.82, 2.24) is 4.98 Å². The smallest absolute Gasteiger partial charge is 0.0640 e. The van der Waals surface area contributed by atoms with Gasteiger partial charge in [0, 0.05) is 17.1 Å². The number of rotatable bonds is 2. The van der Waals surface area contributed by atoms with Crippen molar-refractivity contribution in [3.63, 3.8) is 0 Å². The second-order valence-corrected chi connectivity index (χ2v) is 5.38. The highest BCUT2D eigenvalue weighted by Gasteiger charge is 2.15. The number of halogens is 1. The number of nitrogens with two attached hydrogens (primary N) is 1. The molecule has 3 aromatic rings. The minimum Gasteiger partial charge on any atom is -0.320 e. The molecule has 1 atom stereocenters. The monoisotopic (exact) mass is 274 g/mol. The summed E-state index contributed by atoms with van der Waals surface area (Å²) < 4.78 is 1.22.